The lowest BCUT2D eigenvalue weighted by atomic mass is 9.86. The Balaban J connectivity index is 1.67. The SMILES string of the molecule is CCC1(O)C(=O)OCc2c1cc1n(c2=O)Cc2c-1nc1cccc3c1c2N(CCO)C(C)=N3. The van der Waals surface area contributed by atoms with E-state index >= 15 is 0 Å². The van der Waals surface area contributed by atoms with Crippen LogP contribution < -0.4 is 10.5 Å². The Morgan fingerprint density at radius 2 is 2.06 bits per heavy atom. The van der Waals surface area contributed by atoms with Crippen LogP contribution in [0.3, 0.4) is 0 Å². The van der Waals surface area contributed by atoms with Gasteiger partial charge in [-0.2, -0.15) is 0 Å². The third kappa shape index (κ3) is 2.49. The van der Waals surface area contributed by atoms with Crippen LogP contribution in [0.25, 0.3) is 22.3 Å². The minimum absolute atomic E-state index is 0.0577. The van der Waals surface area contributed by atoms with Crippen LogP contribution in [-0.2, 0) is 28.3 Å². The number of amidine groups is 1. The number of nitrogens with zero attached hydrogens (tertiary/aromatic N) is 4. The van der Waals surface area contributed by atoms with E-state index in [0.717, 1.165) is 33.7 Å². The number of anilines is 1. The Labute approximate surface area is 188 Å². The maximum absolute atomic E-state index is 13.5. The maximum atomic E-state index is 13.5. The van der Waals surface area contributed by atoms with Crippen LogP contribution in [0, 0.1) is 0 Å². The summed E-state index contributed by atoms with van der Waals surface area (Å²) in [5, 5.41) is 21.7. The summed E-state index contributed by atoms with van der Waals surface area (Å²) in [4.78, 5) is 37.4. The Morgan fingerprint density at radius 3 is 2.82 bits per heavy atom. The minimum atomic E-state index is -1.87. The summed E-state index contributed by atoms with van der Waals surface area (Å²) in [5.41, 5.74) is 2.86. The molecule has 0 aliphatic carbocycles. The van der Waals surface area contributed by atoms with Crippen LogP contribution >= 0.6 is 0 Å². The molecule has 0 amide bonds. The van der Waals surface area contributed by atoms with Crippen molar-refractivity contribution in [1.29, 1.82) is 0 Å². The van der Waals surface area contributed by atoms with E-state index in [9.17, 15) is 19.8 Å². The second-order valence-corrected chi connectivity index (χ2v) is 8.60. The summed E-state index contributed by atoms with van der Waals surface area (Å²) in [6.07, 6.45) is 0.0915. The highest BCUT2D eigenvalue weighted by atomic mass is 16.6. The number of esters is 1. The molecule has 9 heteroatoms. The number of aliphatic imine (C=N–C) groups is 1. The van der Waals surface area contributed by atoms with Gasteiger partial charge in [0.1, 0.15) is 12.4 Å². The van der Waals surface area contributed by atoms with Crippen LogP contribution in [0.5, 0.6) is 0 Å². The molecule has 0 fully saturated rings. The fourth-order valence-electron chi connectivity index (χ4n) is 5.25. The summed E-state index contributed by atoms with van der Waals surface area (Å²) in [6, 6.07) is 7.42. The fourth-order valence-corrected chi connectivity index (χ4v) is 5.25. The van der Waals surface area contributed by atoms with E-state index in [1.807, 2.05) is 30.0 Å². The summed E-state index contributed by atoms with van der Waals surface area (Å²) in [5.74, 6) is 0.00614. The van der Waals surface area contributed by atoms with Crippen molar-refractivity contribution in [2.24, 2.45) is 4.99 Å². The molecule has 2 aromatic heterocycles. The Bertz CT molecular complexity index is 1470. The van der Waals surface area contributed by atoms with E-state index in [1.54, 1.807) is 17.6 Å². The maximum Gasteiger partial charge on any atom is 0.343 e. The molecule has 1 aromatic carbocycles. The summed E-state index contributed by atoms with van der Waals surface area (Å²) in [6.45, 7) is 3.99. The van der Waals surface area contributed by atoms with Crippen molar-refractivity contribution in [2.75, 3.05) is 18.1 Å². The molecule has 5 heterocycles. The molecule has 1 atom stereocenters. The number of aliphatic hydroxyl groups is 2. The minimum Gasteiger partial charge on any atom is -0.458 e. The molecule has 33 heavy (non-hydrogen) atoms. The number of aromatic nitrogens is 2. The van der Waals surface area contributed by atoms with Crippen molar-refractivity contribution in [1.82, 2.24) is 9.55 Å². The highest BCUT2D eigenvalue weighted by Crippen LogP contribution is 2.47. The standard InChI is InChI=1S/C24H22N4O5/c1-3-24(32)15-9-18-20-13(10-28(18)22(30)14(15)11-33-23(24)31)21-19-16(5-4-6-17(19)26-20)25-12(2)27(21)7-8-29/h4-6,9,29,32H,3,7-8,10-11H2,1-2H3. The number of hydrogen-bond donors (Lipinski definition) is 2. The van der Waals surface area contributed by atoms with Gasteiger partial charge < -0.3 is 24.4 Å². The first kappa shape index (κ1) is 20.1. The van der Waals surface area contributed by atoms with E-state index in [-0.39, 0.29) is 31.7 Å². The average Bonchev–Trinajstić information content (AvgIpc) is 3.18. The number of aliphatic hydroxyl groups excluding tert-OH is 1. The Hall–Kier alpha value is -3.56. The van der Waals surface area contributed by atoms with Gasteiger partial charge in [-0.1, -0.05) is 13.0 Å². The quantitative estimate of drug-likeness (QED) is 0.462. The lowest BCUT2D eigenvalue weighted by molar-refractivity contribution is -0.172. The monoisotopic (exact) mass is 446 g/mol. The van der Waals surface area contributed by atoms with Crippen molar-refractivity contribution in [3.63, 3.8) is 0 Å². The van der Waals surface area contributed by atoms with Crippen LogP contribution in [-0.4, -0.2) is 44.7 Å². The number of benzene rings is 1. The van der Waals surface area contributed by atoms with Crippen LogP contribution in [0.2, 0.25) is 0 Å². The molecule has 3 aliphatic heterocycles. The van der Waals surface area contributed by atoms with Gasteiger partial charge in [0, 0.05) is 17.7 Å². The smallest absolute Gasteiger partial charge is 0.343 e. The molecule has 1 unspecified atom stereocenters. The number of β-amino-alcohol motifs (C(OH)–C–C–N with tert-alkyl or cyclic N) is 1. The zero-order chi connectivity index (χ0) is 23.1. The van der Waals surface area contributed by atoms with E-state index in [0.29, 0.717) is 29.1 Å². The second-order valence-electron chi connectivity index (χ2n) is 8.60. The average molecular weight is 446 g/mol. The number of cyclic esters (lactones) is 1. The molecule has 2 N–H and O–H groups in total. The number of hydrogen-bond acceptors (Lipinski definition) is 8. The molecule has 3 aliphatic rings. The molecule has 3 aromatic rings. The van der Waals surface area contributed by atoms with Crippen molar-refractivity contribution < 1.29 is 19.7 Å². The number of carbonyl (C=O) groups excluding carboxylic acids is 1. The van der Waals surface area contributed by atoms with Gasteiger partial charge in [0.25, 0.3) is 5.56 Å². The normalized spacial score (nSPS) is 20.3. The second kappa shape index (κ2) is 6.72. The van der Waals surface area contributed by atoms with E-state index < -0.39 is 11.6 Å². The first-order valence-corrected chi connectivity index (χ1v) is 11.0. The summed E-state index contributed by atoms with van der Waals surface area (Å²) in [7, 11) is 0. The molecule has 0 saturated carbocycles. The number of rotatable bonds is 3. The van der Waals surface area contributed by atoms with E-state index in [1.165, 1.54) is 0 Å². The van der Waals surface area contributed by atoms with Gasteiger partial charge in [0.15, 0.2) is 5.60 Å². The number of carbonyl (C=O) groups is 1. The van der Waals surface area contributed by atoms with Gasteiger partial charge in [0.05, 0.1) is 52.4 Å². The lowest BCUT2D eigenvalue weighted by Crippen LogP contribution is -2.44. The molecular formula is C24H22N4O5. The lowest BCUT2D eigenvalue weighted by Gasteiger charge is -2.31. The fraction of sp³-hybridized carbons (Fsp3) is 0.333. The molecule has 168 valence electrons. The van der Waals surface area contributed by atoms with E-state index in [4.69, 9.17) is 14.7 Å². The van der Waals surface area contributed by atoms with Crippen LogP contribution in [0.1, 0.15) is 37.0 Å². The molecule has 0 saturated heterocycles. The third-order valence-electron chi connectivity index (χ3n) is 6.93. The highest BCUT2D eigenvalue weighted by Gasteiger charge is 2.45. The molecule has 9 nitrogen and oxygen atoms in total. The van der Waals surface area contributed by atoms with Crippen LogP contribution in [0.4, 0.5) is 11.4 Å². The Kier molecular flexibility index (Phi) is 4.09. The van der Waals surface area contributed by atoms with Gasteiger partial charge in [0.2, 0.25) is 0 Å². The number of ether oxygens (including phenoxy) is 1. The number of pyridine rings is 2. The predicted molar refractivity (Wildman–Crippen MR) is 122 cm³/mol. The van der Waals surface area contributed by atoms with Gasteiger partial charge in [-0.15, -0.1) is 0 Å². The summed E-state index contributed by atoms with van der Waals surface area (Å²) < 4.78 is 6.78. The predicted octanol–water partition coefficient (Wildman–Crippen LogP) is 1.94. The largest absolute Gasteiger partial charge is 0.458 e. The molecule has 6 rings (SSSR count). The van der Waals surface area contributed by atoms with Crippen molar-refractivity contribution >= 4 is 34.1 Å². The van der Waals surface area contributed by atoms with Crippen LogP contribution in [0.15, 0.2) is 34.1 Å². The molecular weight excluding hydrogens is 424 g/mol. The number of fused-ring (bicyclic) bond motifs is 5. The van der Waals surface area contributed by atoms with E-state index in [2.05, 4.69) is 0 Å². The van der Waals surface area contributed by atoms with Gasteiger partial charge in [-0.25, -0.2) is 14.8 Å². The highest BCUT2D eigenvalue weighted by molar-refractivity contribution is 6.15. The molecule has 0 bridgehead atoms. The zero-order valence-corrected chi connectivity index (χ0v) is 18.3. The van der Waals surface area contributed by atoms with Gasteiger partial charge >= 0.3 is 5.97 Å². The third-order valence-corrected chi connectivity index (χ3v) is 6.93. The molecule has 0 spiro atoms. The first-order chi connectivity index (χ1) is 15.9. The Morgan fingerprint density at radius 1 is 1.24 bits per heavy atom. The van der Waals surface area contributed by atoms with Crippen molar-refractivity contribution in [3.05, 3.63) is 51.3 Å². The summed E-state index contributed by atoms with van der Waals surface area (Å²) >= 11 is 0. The van der Waals surface area contributed by atoms with Gasteiger partial charge in [-0.3, -0.25) is 4.79 Å². The first-order valence-electron chi connectivity index (χ1n) is 11.0. The van der Waals surface area contributed by atoms with Crippen molar-refractivity contribution in [2.45, 2.75) is 39.0 Å². The topological polar surface area (TPSA) is 117 Å². The molecule has 0 radical (unpaired) electrons. The van der Waals surface area contributed by atoms with Gasteiger partial charge in [-0.05, 0) is 31.5 Å². The zero-order valence-electron chi connectivity index (χ0n) is 18.3. The van der Waals surface area contributed by atoms with Crippen molar-refractivity contribution in [3.8, 4) is 11.4 Å².